The van der Waals surface area contributed by atoms with Crippen LogP contribution in [0.5, 0.6) is 0 Å². The number of nitrogens with zero attached hydrogens (tertiary/aromatic N) is 8. The Morgan fingerprint density at radius 3 is 1.79 bits per heavy atom. The number of nitriles is 2. The molecule has 0 aliphatic carbocycles. The lowest BCUT2D eigenvalue weighted by molar-refractivity contribution is -0.452. The number of hydrogen-bond acceptors (Lipinski definition) is 14. The molecule has 4 heterocycles. The minimum atomic E-state index is -0.685. The Labute approximate surface area is 351 Å². The summed E-state index contributed by atoms with van der Waals surface area (Å²) in [5, 5.41) is 32.4. The number of nitrogens with two attached hydrogens (primary N) is 4. The standard InChI is InChI=1S/C21H23N7O2.C13H20N6O3.C7H4FN/c1-13(19(23)29)25-18-11-17(20(24)30)26-21(27-18)28-8-6-15(7-9-28)10-14-2-4-16(12-22)5-3-14;1-7(11(14)21)16-10-6-9(12(15)22)17-13(18-10)19-4-2-8(20)3-5-19;8-7-3-1-6(5-9)2-4-7/h2-5,8,11,13,15H,6-7,9-10H2,1H3,(H4-,23,24,25,26,27,29,30);6-8,20H,2-5H2,1H3,(H2,14,21)(H2,15,22)(H,16,17,18);1-4H/p+1/t13-,15?;7-;/m00./s1. The topological polar surface area (TPSA) is 322 Å². The fraction of sp³-hybridized carbons (Fsp3) is 0.341. The minimum absolute atomic E-state index is 0.0512. The molecular formula is C41H48FN14O5+. The maximum atomic E-state index is 12.1. The SMILES string of the molecule is C[C@H](Nc1cc(C(N)=O)nc(N2CCC(O)CC2)n1)C(N)=O.C[C@H](Nc1cc(C(N)=O)nc([N+]2=CCC(Cc3ccc(C#N)cc3)CC2)n1)C(N)=O.N#Cc1ccc(F)cc1. The summed E-state index contributed by atoms with van der Waals surface area (Å²) < 4.78 is 14.0. The zero-order chi connectivity index (χ0) is 44.6. The molecule has 0 saturated carbocycles. The van der Waals surface area contributed by atoms with Crippen LogP contribution in [0, 0.1) is 34.4 Å². The van der Waals surface area contributed by atoms with Crippen molar-refractivity contribution in [3.8, 4) is 12.1 Å². The Morgan fingerprint density at radius 1 is 0.803 bits per heavy atom. The van der Waals surface area contributed by atoms with E-state index in [9.17, 15) is 28.7 Å². The van der Waals surface area contributed by atoms with Gasteiger partial charge in [0.05, 0.1) is 35.9 Å². The van der Waals surface area contributed by atoms with Gasteiger partial charge in [0.25, 0.3) is 11.8 Å². The van der Waals surface area contributed by atoms with E-state index in [2.05, 4.69) is 36.6 Å². The lowest BCUT2D eigenvalue weighted by Crippen LogP contribution is -2.38. The molecule has 20 heteroatoms. The van der Waals surface area contributed by atoms with E-state index in [4.69, 9.17) is 33.5 Å². The molecule has 19 nitrogen and oxygen atoms in total. The van der Waals surface area contributed by atoms with Gasteiger partial charge in [-0.25, -0.2) is 13.9 Å². The predicted molar refractivity (Wildman–Crippen MR) is 223 cm³/mol. The van der Waals surface area contributed by atoms with E-state index in [-0.39, 0.29) is 23.3 Å². The summed E-state index contributed by atoms with van der Waals surface area (Å²) in [4.78, 5) is 64.5. The number of primary amides is 4. The summed E-state index contributed by atoms with van der Waals surface area (Å²) in [6, 6.07) is 18.5. The number of nitrogens with one attached hydrogen (secondary N) is 2. The Kier molecular flexibility index (Phi) is 16.6. The fourth-order valence-corrected chi connectivity index (χ4v) is 5.94. The average Bonchev–Trinajstić information content (AvgIpc) is 3.25. The van der Waals surface area contributed by atoms with E-state index >= 15 is 0 Å². The Hall–Kier alpha value is -7.58. The van der Waals surface area contributed by atoms with Gasteiger partial charge in [0.1, 0.15) is 29.4 Å². The number of halogens is 1. The summed E-state index contributed by atoms with van der Waals surface area (Å²) >= 11 is 0. The van der Waals surface area contributed by atoms with Crippen molar-refractivity contribution < 1.29 is 33.3 Å². The molecule has 3 atom stereocenters. The van der Waals surface area contributed by atoms with Gasteiger partial charge in [-0.3, -0.25) is 19.2 Å². The Morgan fingerprint density at radius 2 is 1.31 bits per heavy atom. The van der Waals surface area contributed by atoms with Crippen molar-refractivity contribution >= 4 is 53.4 Å². The second-order valence-electron chi connectivity index (χ2n) is 14.3. The highest BCUT2D eigenvalue weighted by molar-refractivity contribution is 5.92. The van der Waals surface area contributed by atoms with Crippen LogP contribution in [0.3, 0.4) is 0 Å². The molecule has 1 unspecified atom stereocenters. The van der Waals surface area contributed by atoms with Crippen molar-refractivity contribution in [2.45, 2.75) is 64.1 Å². The molecule has 2 aliphatic rings. The van der Waals surface area contributed by atoms with Gasteiger partial charge in [0, 0.05) is 31.4 Å². The normalized spacial score (nSPS) is 15.7. The monoisotopic (exact) mass is 835 g/mol. The Balaban J connectivity index is 0.000000230. The van der Waals surface area contributed by atoms with Gasteiger partial charge < -0.3 is 43.6 Å². The summed E-state index contributed by atoms with van der Waals surface area (Å²) in [6.45, 7) is 5.04. The van der Waals surface area contributed by atoms with Gasteiger partial charge in [-0.2, -0.15) is 15.5 Å². The molecule has 0 bridgehead atoms. The number of hydrogen-bond donors (Lipinski definition) is 7. The molecule has 4 amide bonds. The van der Waals surface area contributed by atoms with Gasteiger partial charge in [-0.05, 0) is 93.8 Å². The van der Waals surface area contributed by atoms with Crippen molar-refractivity contribution in [2.24, 2.45) is 28.9 Å². The van der Waals surface area contributed by atoms with Gasteiger partial charge in [0.15, 0.2) is 0 Å². The molecule has 11 N–H and O–H groups in total. The van der Waals surface area contributed by atoms with Gasteiger partial charge in [-0.15, -0.1) is 0 Å². The zero-order valence-electron chi connectivity index (χ0n) is 33.7. The highest BCUT2D eigenvalue weighted by Crippen LogP contribution is 2.23. The number of rotatable bonds is 12. The molecule has 2 aliphatic heterocycles. The smallest absolute Gasteiger partial charge is 0.393 e. The van der Waals surface area contributed by atoms with Gasteiger partial charge in [-0.1, -0.05) is 22.1 Å². The van der Waals surface area contributed by atoms with E-state index in [1.807, 2.05) is 46.0 Å². The van der Waals surface area contributed by atoms with Crippen LogP contribution >= 0.6 is 0 Å². The molecular weight excluding hydrogens is 788 g/mol. The van der Waals surface area contributed by atoms with Crippen LogP contribution in [0.25, 0.3) is 0 Å². The summed E-state index contributed by atoms with van der Waals surface area (Å²) in [6.07, 6.45) is 5.55. The van der Waals surface area contributed by atoms with Crippen molar-refractivity contribution in [2.75, 3.05) is 35.2 Å². The number of piperidine rings is 1. The van der Waals surface area contributed by atoms with E-state index in [1.165, 1.54) is 42.0 Å². The molecule has 1 saturated heterocycles. The van der Waals surface area contributed by atoms with E-state index < -0.39 is 35.7 Å². The molecule has 2 aromatic heterocycles. The van der Waals surface area contributed by atoms with Crippen LogP contribution in [0.2, 0.25) is 0 Å². The molecule has 0 spiro atoms. The number of aromatic nitrogens is 4. The number of carbonyl (C=O) groups excluding carboxylic acids is 4. The van der Waals surface area contributed by atoms with Gasteiger partial charge in [0.2, 0.25) is 29.3 Å². The number of carbonyl (C=O) groups is 4. The zero-order valence-corrected chi connectivity index (χ0v) is 33.7. The van der Waals surface area contributed by atoms with Crippen LogP contribution in [0.15, 0.2) is 60.7 Å². The lowest BCUT2D eigenvalue weighted by atomic mass is 9.91. The van der Waals surface area contributed by atoms with Crippen LogP contribution in [0.1, 0.15) is 77.2 Å². The third-order valence-corrected chi connectivity index (χ3v) is 9.54. The van der Waals surface area contributed by atoms with Gasteiger partial charge >= 0.3 is 5.95 Å². The molecule has 318 valence electrons. The molecule has 2 aromatic carbocycles. The number of anilines is 3. The molecule has 61 heavy (non-hydrogen) atoms. The predicted octanol–water partition coefficient (Wildman–Crippen LogP) is 1.62. The number of aliphatic hydroxyl groups is 1. The van der Waals surface area contributed by atoms with Crippen LogP contribution in [-0.2, 0) is 16.0 Å². The third kappa shape index (κ3) is 14.3. The summed E-state index contributed by atoms with van der Waals surface area (Å²) in [5.74, 6) is -0.989. The number of amides is 4. The summed E-state index contributed by atoms with van der Waals surface area (Å²) in [5.41, 5.74) is 23.6. The number of benzene rings is 2. The van der Waals surface area contributed by atoms with E-state index in [1.54, 1.807) is 13.8 Å². The van der Waals surface area contributed by atoms with E-state index in [0.717, 1.165) is 19.3 Å². The molecule has 0 radical (unpaired) electrons. The highest BCUT2D eigenvalue weighted by Gasteiger charge is 2.26. The largest absolute Gasteiger partial charge is 0.435 e. The van der Waals surface area contributed by atoms with Crippen molar-refractivity contribution in [1.82, 2.24) is 19.9 Å². The first-order valence-corrected chi connectivity index (χ1v) is 19.2. The first-order valence-electron chi connectivity index (χ1n) is 19.2. The summed E-state index contributed by atoms with van der Waals surface area (Å²) in [7, 11) is 0. The van der Waals surface area contributed by atoms with Crippen molar-refractivity contribution in [3.63, 3.8) is 0 Å². The van der Waals surface area contributed by atoms with Crippen molar-refractivity contribution in [3.05, 3.63) is 94.6 Å². The van der Waals surface area contributed by atoms with Crippen LogP contribution in [0.4, 0.5) is 27.9 Å². The van der Waals surface area contributed by atoms with Crippen molar-refractivity contribution in [1.29, 1.82) is 10.5 Å². The quantitative estimate of drug-likeness (QED) is 0.0998. The van der Waals surface area contributed by atoms with Crippen LogP contribution < -0.4 is 38.5 Å². The lowest BCUT2D eigenvalue weighted by Gasteiger charge is -2.30. The molecule has 6 rings (SSSR count). The first kappa shape index (κ1) is 46.1. The highest BCUT2D eigenvalue weighted by atomic mass is 19.1. The average molecular weight is 836 g/mol. The number of aliphatic hydroxyl groups excluding tert-OH is 1. The Bertz CT molecular complexity index is 2300. The van der Waals surface area contributed by atoms with E-state index in [0.29, 0.717) is 73.1 Å². The maximum Gasteiger partial charge on any atom is 0.435 e. The molecule has 4 aromatic rings. The first-order chi connectivity index (χ1) is 29.0. The second-order valence-corrected chi connectivity index (χ2v) is 14.3. The third-order valence-electron chi connectivity index (χ3n) is 9.54. The molecule has 1 fully saturated rings. The second kappa shape index (κ2) is 22.0. The fourth-order valence-electron chi connectivity index (χ4n) is 5.94. The maximum absolute atomic E-state index is 12.1. The van der Waals surface area contributed by atoms with Crippen LogP contribution in [-0.4, -0.2) is 97.3 Å². The minimum Gasteiger partial charge on any atom is -0.393 e.